The lowest BCUT2D eigenvalue weighted by Crippen LogP contribution is -2.29. The van der Waals surface area contributed by atoms with Gasteiger partial charge in [-0.1, -0.05) is 6.58 Å². The van der Waals surface area contributed by atoms with Crippen LogP contribution in [0.5, 0.6) is 0 Å². The number of carbonyl (C=O) groups excluding carboxylic acids is 1. The molecule has 0 amide bonds. The third-order valence-corrected chi connectivity index (χ3v) is 1.81. The fraction of sp³-hybridized carbons (Fsp3) is 0.625. The average Bonchev–Trinajstić information content (AvgIpc) is 2.65. The van der Waals surface area contributed by atoms with Crippen LogP contribution in [0.2, 0.25) is 0 Å². The molecule has 0 N–H and O–H groups in total. The van der Waals surface area contributed by atoms with Crippen molar-refractivity contribution in [3.63, 3.8) is 0 Å². The quantitative estimate of drug-likeness (QED) is 0.400. The van der Waals surface area contributed by atoms with Crippen molar-refractivity contribution in [3.05, 3.63) is 12.2 Å². The van der Waals surface area contributed by atoms with E-state index in [-0.39, 0.29) is 5.57 Å². The first-order chi connectivity index (χ1) is 6.34. The van der Waals surface area contributed by atoms with E-state index in [9.17, 15) is 18.0 Å². The number of ether oxygens (including phenoxy) is 2. The van der Waals surface area contributed by atoms with Crippen molar-refractivity contribution in [1.82, 2.24) is 0 Å². The fourth-order valence-electron chi connectivity index (χ4n) is 0.782. The molecule has 1 rings (SSSR count). The van der Waals surface area contributed by atoms with Crippen molar-refractivity contribution in [2.75, 3.05) is 13.3 Å². The SMILES string of the molecule is C=C(C)C(=O)OCC1(CF)OC1(F)F. The van der Waals surface area contributed by atoms with Gasteiger partial charge in [-0.15, -0.1) is 0 Å². The van der Waals surface area contributed by atoms with E-state index in [1.165, 1.54) is 6.92 Å². The molecule has 0 radical (unpaired) electrons. The molecule has 0 saturated carbocycles. The molecule has 1 heterocycles. The molecule has 14 heavy (non-hydrogen) atoms. The van der Waals surface area contributed by atoms with Gasteiger partial charge in [-0.25, -0.2) is 9.18 Å². The van der Waals surface area contributed by atoms with Gasteiger partial charge in [0.25, 0.3) is 0 Å². The maximum absolute atomic E-state index is 12.4. The smallest absolute Gasteiger partial charge is 0.391 e. The van der Waals surface area contributed by atoms with Gasteiger partial charge < -0.3 is 4.74 Å². The second-order valence-electron chi connectivity index (χ2n) is 3.10. The Kier molecular flexibility index (Phi) is 2.58. The van der Waals surface area contributed by atoms with E-state index in [0.29, 0.717) is 0 Å². The number of hydrogen-bond donors (Lipinski definition) is 0. The predicted molar refractivity (Wildman–Crippen MR) is 40.5 cm³/mol. The molecule has 0 spiro atoms. The van der Waals surface area contributed by atoms with Gasteiger partial charge in [-0.2, -0.15) is 8.78 Å². The maximum Gasteiger partial charge on any atom is 0.391 e. The monoisotopic (exact) mass is 210 g/mol. The molecular weight excluding hydrogens is 201 g/mol. The largest absolute Gasteiger partial charge is 0.459 e. The highest BCUT2D eigenvalue weighted by Gasteiger charge is 2.75. The number of epoxide rings is 1. The molecule has 0 aromatic heterocycles. The van der Waals surface area contributed by atoms with Crippen LogP contribution in [0.1, 0.15) is 6.92 Å². The number of esters is 1. The number of alkyl halides is 3. The molecule has 1 fully saturated rings. The van der Waals surface area contributed by atoms with Gasteiger partial charge in [0, 0.05) is 5.57 Å². The molecule has 1 aliphatic rings. The molecule has 0 aromatic carbocycles. The lowest BCUT2D eigenvalue weighted by molar-refractivity contribution is -0.141. The Hall–Kier alpha value is -1.04. The van der Waals surface area contributed by atoms with Crippen molar-refractivity contribution in [1.29, 1.82) is 0 Å². The number of rotatable bonds is 4. The van der Waals surface area contributed by atoms with Crippen LogP contribution < -0.4 is 0 Å². The summed E-state index contributed by atoms with van der Waals surface area (Å²) < 4.78 is 45.2. The van der Waals surface area contributed by atoms with Crippen LogP contribution in [0.25, 0.3) is 0 Å². The Morgan fingerprint density at radius 1 is 1.57 bits per heavy atom. The highest BCUT2D eigenvalue weighted by Crippen LogP contribution is 2.51. The van der Waals surface area contributed by atoms with E-state index in [1.807, 2.05) is 0 Å². The molecule has 0 aliphatic carbocycles. The molecule has 3 nitrogen and oxygen atoms in total. The zero-order chi connectivity index (χ0) is 11.0. The third-order valence-electron chi connectivity index (χ3n) is 1.81. The number of hydrogen-bond acceptors (Lipinski definition) is 3. The van der Waals surface area contributed by atoms with E-state index in [0.717, 1.165) is 0 Å². The Morgan fingerprint density at radius 2 is 2.07 bits per heavy atom. The predicted octanol–water partition coefficient (Wildman–Crippen LogP) is 1.44. The fourth-order valence-corrected chi connectivity index (χ4v) is 0.782. The van der Waals surface area contributed by atoms with Gasteiger partial charge in [-0.05, 0) is 6.92 Å². The van der Waals surface area contributed by atoms with Crippen molar-refractivity contribution in [2.45, 2.75) is 18.6 Å². The van der Waals surface area contributed by atoms with Gasteiger partial charge in [0.1, 0.15) is 13.3 Å². The van der Waals surface area contributed by atoms with Gasteiger partial charge in [0.2, 0.25) is 5.60 Å². The summed E-state index contributed by atoms with van der Waals surface area (Å²) in [6.45, 7) is 2.40. The molecule has 1 unspecified atom stereocenters. The Morgan fingerprint density at radius 3 is 2.36 bits per heavy atom. The molecule has 0 aromatic rings. The summed E-state index contributed by atoms with van der Waals surface area (Å²) in [6, 6.07) is 0. The highest BCUT2D eigenvalue weighted by atomic mass is 19.3. The first-order valence-corrected chi connectivity index (χ1v) is 3.81. The van der Waals surface area contributed by atoms with E-state index in [4.69, 9.17) is 0 Å². The summed E-state index contributed by atoms with van der Waals surface area (Å²) in [6.07, 6.45) is -3.54. The lowest BCUT2D eigenvalue weighted by atomic mass is 10.2. The summed E-state index contributed by atoms with van der Waals surface area (Å²) >= 11 is 0. The molecule has 1 saturated heterocycles. The normalized spacial score (nSPS) is 28.3. The number of halogens is 3. The molecule has 80 valence electrons. The maximum atomic E-state index is 12.4. The van der Waals surface area contributed by atoms with Crippen molar-refractivity contribution in [3.8, 4) is 0 Å². The van der Waals surface area contributed by atoms with Crippen LogP contribution in [0.15, 0.2) is 12.2 Å². The van der Waals surface area contributed by atoms with Crippen LogP contribution in [-0.2, 0) is 14.3 Å². The van der Waals surface area contributed by atoms with Crippen LogP contribution in [-0.4, -0.2) is 31.0 Å². The molecular formula is C8H9F3O3. The van der Waals surface area contributed by atoms with Crippen LogP contribution in [0.3, 0.4) is 0 Å². The minimum atomic E-state index is -3.54. The zero-order valence-electron chi connectivity index (χ0n) is 7.48. The number of carbonyl (C=O) groups is 1. The topological polar surface area (TPSA) is 38.8 Å². The summed E-state index contributed by atoms with van der Waals surface area (Å²) in [5.41, 5.74) is -2.22. The van der Waals surface area contributed by atoms with E-state index >= 15 is 0 Å². The van der Waals surface area contributed by atoms with Gasteiger partial charge >= 0.3 is 12.1 Å². The summed E-state index contributed by atoms with van der Waals surface area (Å²) in [5, 5.41) is 0. The minimum Gasteiger partial charge on any atom is -0.459 e. The second-order valence-corrected chi connectivity index (χ2v) is 3.10. The first-order valence-electron chi connectivity index (χ1n) is 3.81. The average molecular weight is 210 g/mol. The molecule has 1 aliphatic heterocycles. The molecule has 6 heteroatoms. The Bertz CT molecular complexity index is 277. The van der Waals surface area contributed by atoms with Gasteiger partial charge in [0.15, 0.2) is 0 Å². The standard InChI is InChI=1S/C8H9F3O3/c1-5(2)6(12)13-4-7(3-9)8(10,11)14-7/h1,3-4H2,2H3. The Balaban J connectivity index is 2.46. The Labute approximate surface area is 78.5 Å². The highest BCUT2D eigenvalue weighted by molar-refractivity contribution is 5.86. The lowest BCUT2D eigenvalue weighted by Gasteiger charge is -2.07. The molecule has 1 atom stereocenters. The van der Waals surface area contributed by atoms with Gasteiger partial charge in [-0.3, -0.25) is 4.74 Å². The first kappa shape index (κ1) is 11.0. The van der Waals surface area contributed by atoms with E-state index in [1.54, 1.807) is 0 Å². The second kappa shape index (κ2) is 3.27. The van der Waals surface area contributed by atoms with Crippen molar-refractivity contribution in [2.24, 2.45) is 0 Å². The third kappa shape index (κ3) is 1.75. The van der Waals surface area contributed by atoms with Crippen molar-refractivity contribution < 1.29 is 27.4 Å². The zero-order valence-corrected chi connectivity index (χ0v) is 7.48. The summed E-state index contributed by atoms with van der Waals surface area (Å²) in [5.74, 6) is -0.843. The summed E-state index contributed by atoms with van der Waals surface area (Å²) in [7, 11) is 0. The van der Waals surface area contributed by atoms with Gasteiger partial charge in [0.05, 0.1) is 0 Å². The van der Waals surface area contributed by atoms with Crippen LogP contribution in [0.4, 0.5) is 13.2 Å². The summed E-state index contributed by atoms with van der Waals surface area (Å²) in [4.78, 5) is 10.8. The van der Waals surface area contributed by atoms with E-state index in [2.05, 4.69) is 16.1 Å². The van der Waals surface area contributed by atoms with Crippen LogP contribution in [0, 0.1) is 0 Å². The van der Waals surface area contributed by atoms with Crippen LogP contribution >= 0.6 is 0 Å². The minimum absolute atomic E-state index is 0.0583. The molecule has 0 bridgehead atoms. The van der Waals surface area contributed by atoms with E-state index < -0.39 is 31.0 Å². The van der Waals surface area contributed by atoms with Crippen molar-refractivity contribution >= 4 is 5.97 Å².